The zero-order valence-corrected chi connectivity index (χ0v) is 12.3. The molecule has 0 radical (unpaired) electrons. The van der Waals surface area contributed by atoms with Gasteiger partial charge in [-0.25, -0.2) is 9.82 Å². The molecule has 2 rings (SSSR count). The average molecular weight is 313 g/mol. The Kier molecular flexibility index (Phi) is 5.99. The molecule has 5 nitrogen and oxygen atoms in total. The van der Waals surface area contributed by atoms with Crippen molar-refractivity contribution in [1.29, 1.82) is 0 Å². The van der Waals surface area contributed by atoms with Gasteiger partial charge >= 0.3 is 11.8 Å². The molecule has 0 spiro atoms. The summed E-state index contributed by atoms with van der Waals surface area (Å²) in [5.74, 6) is -2.14. The van der Waals surface area contributed by atoms with Gasteiger partial charge in [0.1, 0.15) is 5.82 Å². The summed E-state index contributed by atoms with van der Waals surface area (Å²) in [5.41, 5.74) is 3.34. The summed E-state index contributed by atoms with van der Waals surface area (Å²) in [6.07, 6.45) is 1.77. The summed E-state index contributed by atoms with van der Waals surface area (Å²) < 4.78 is 13.3. The lowest BCUT2D eigenvalue weighted by Gasteiger charge is -2.04. The molecule has 0 saturated heterocycles. The molecular weight excluding hydrogens is 297 g/mol. The predicted octanol–water partition coefficient (Wildman–Crippen LogP) is 1.63. The summed E-state index contributed by atoms with van der Waals surface area (Å²) in [5, 5.41) is 6.06. The number of carbonyl (C=O) groups is 2. The zero-order valence-electron chi connectivity index (χ0n) is 12.3. The number of nitrogens with zero attached hydrogens (tertiary/aromatic N) is 1. The highest BCUT2D eigenvalue weighted by Crippen LogP contribution is 2.02. The van der Waals surface area contributed by atoms with Crippen LogP contribution in [-0.4, -0.2) is 24.6 Å². The van der Waals surface area contributed by atoms with Crippen LogP contribution in [0.2, 0.25) is 0 Å². The van der Waals surface area contributed by atoms with Crippen LogP contribution in [0.4, 0.5) is 4.39 Å². The third-order valence-electron chi connectivity index (χ3n) is 3.02. The van der Waals surface area contributed by atoms with E-state index in [9.17, 15) is 14.0 Å². The van der Waals surface area contributed by atoms with Gasteiger partial charge < -0.3 is 5.32 Å². The largest absolute Gasteiger partial charge is 0.347 e. The molecule has 0 fully saturated rings. The smallest absolute Gasteiger partial charge is 0.329 e. The minimum atomic E-state index is -0.898. The number of benzene rings is 2. The number of hydrogen-bond donors (Lipinski definition) is 2. The molecule has 0 aliphatic heterocycles. The summed E-state index contributed by atoms with van der Waals surface area (Å²) in [7, 11) is 0. The molecule has 0 atom stereocenters. The maximum Gasteiger partial charge on any atom is 0.329 e. The van der Waals surface area contributed by atoms with Crippen LogP contribution >= 0.6 is 0 Å². The Labute approximate surface area is 133 Å². The van der Waals surface area contributed by atoms with Crippen LogP contribution < -0.4 is 10.7 Å². The molecule has 2 aromatic rings. The third kappa shape index (κ3) is 5.35. The number of rotatable bonds is 5. The number of nitrogens with one attached hydrogen (secondary N) is 2. The Bertz CT molecular complexity index is 702. The summed E-state index contributed by atoms with van der Waals surface area (Å²) in [4.78, 5) is 23.1. The van der Waals surface area contributed by atoms with E-state index < -0.39 is 17.6 Å². The summed E-state index contributed by atoms with van der Waals surface area (Å²) in [6.45, 7) is 0.341. The molecule has 0 aliphatic rings. The van der Waals surface area contributed by atoms with Crippen LogP contribution in [0.15, 0.2) is 59.7 Å². The molecule has 23 heavy (non-hydrogen) atoms. The van der Waals surface area contributed by atoms with Gasteiger partial charge in [-0.05, 0) is 18.1 Å². The number of carbonyl (C=O) groups excluding carboxylic acids is 2. The van der Waals surface area contributed by atoms with Crippen molar-refractivity contribution < 1.29 is 14.0 Å². The Morgan fingerprint density at radius 1 is 1.00 bits per heavy atom. The van der Waals surface area contributed by atoms with E-state index in [1.165, 1.54) is 12.1 Å². The van der Waals surface area contributed by atoms with Crippen LogP contribution in [0.25, 0.3) is 0 Å². The first kappa shape index (κ1) is 16.4. The molecule has 0 saturated carbocycles. The van der Waals surface area contributed by atoms with Crippen molar-refractivity contribution in [2.24, 2.45) is 5.10 Å². The van der Waals surface area contributed by atoms with E-state index in [-0.39, 0.29) is 5.56 Å². The van der Waals surface area contributed by atoms with Gasteiger partial charge in [-0.3, -0.25) is 9.59 Å². The highest BCUT2D eigenvalue weighted by molar-refractivity contribution is 6.35. The SMILES string of the molecule is O=C(NCCc1ccccc1)C(=O)NN=Cc1ccccc1F. The second-order valence-electron chi connectivity index (χ2n) is 4.71. The standard InChI is InChI=1S/C17H16FN3O2/c18-15-9-5-4-8-14(15)12-20-21-17(23)16(22)19-11-10-13-6-2-1-3-7-13/h1-9,12H,10-11H2,(H,19,22)(H,21,23). The third-order valence-corrected chi connectivity index (χ3v) is 3.02. The fourth-order valence-electron chi connectivity index (χ4n) is 1.84. The van der Waals surface area contributed by atoms with Gasteiger partial charge in [-0.1, -0.05) is 48.5 Å². The quantitative estimate of drug-likeness (QED) is 0.500. The first-order valence-corrected chi connectivity index (χ1v) is 7.06. The van der Waals surface area contributed by atoms with Crippen LogP contribution in [-0.2, 0) is 16.0 Å². The topological polar surface area (TPSA) is 70.6 Å². The fraction of sp³-hybridized carbons (Fsp3) is 0.118. The lowest BCUT2D eigenvalue weighted by atomic mass is 10.1. The minimum absolute atomic E-state index is 0.220. The highest BCUT2D eigenvalue weighted by Gasteiger charge is 2.11. The van der Waals surface area contributed by atoms with Gasteiger partial charge in [0.25, 0.3) is 0 Å². The maximum absolute atomic E-state index is 13.3. The highest BCUT2D eigenvalue weighted by atomic mass is 19.1. The van der Waals surface area contributed by atoms with Gasteiger partial charge in [0.05, 0.1) is 6.21 Å². The van der Waals surface area contributed by atoms with E-state index in [1.54, 1.807) is 12.1 Å². The molecule has 0 aromatic heterocycles. The predicted molar refractivity (Wildman–Crippen MR) is 85.3 cm³/mol. The Balaban J connectivity index is 1.75. The zero-order chi connectivity index (χ0) is 16.5. The Morgan fingerprint density at radius 2 is 1.70 bits per heavy atom. The van der Waals surface area contributed by atoms with Crippen LogP contribution in [0.5, 0.6) is 0 Å². The van der Waals surface area contributed by atoms with Gasteiger partial charge in [-0.2, -0.15) is 5.10 Å². The molecule has 2 N–H and O–H groups in total. The molecule has 0 aliphatic carbocycles. The lowest BCUT2D eigenvalue weighted by molar-refractivity contribution is -0.139. The summed E-state index contributed by atoms with van der Waals surface area (Å²) >= 11 is 0. The molecule has 0 heterocycles. The molecule has 2 aromatic carbocycles. The van der Waals surface area contributed by atoms with Crippen molar-refractivity contribution >= 4 is 18.0 Å². The number of hydrazone groups is 1. The molecule has 6 heteroatoms. The molecule has 2 amide bonds. The fourth-order valence-corrected chi connectivity index (χ4v) is 1.84. The molecular formula is C17H16FN3O2. The van der Waals surface area contributed by atoms with E-state index >= 15 is 0 Å². The van der Waals surface area contributed by atoms with Crippen molar-refractivity contribution in [1.82, 2.24) is 10.7 Å². The molecule has 0 bridgehead atoms. The number of hydrogen-bond acceptors (Lipinski definition) is 3. The average Bonchev–Trinajstić information content (AvgIpc) is 2.57. The van der Waals surface area contributed by atoms with E-state index in [0.29, 0.717) is 13.0 Å². The van der Waals surface area contributed by atoms with Crippen molar-refractivity contribution in [3.63, 3.8) is 0 Å². The van der Waals surface area contributed by atoms with E-state index in [0.717, 1.165) is 11.8 Å². The maximum atomic E-state index is 13.3. The monoisotopic (exact) mass is 313 g/mol. The van der Waals surface area contributed by atoms with Crippen molar-refractivity contribution in [3.05, 3.63) is 71.5 Å². The van der Waals surface area contributed by atoms with Crippen LogP contribution in [0, 0.1) is 5.82 Å². The van der Waals surface area contributed by atoms with E-state index in [4.69, 9.17) is 0 Å². The van der Waals surface area contributed by atoms with Gasteiger partial charge in [0.15, 0.2) is 0 Å². The van der Waals surface area contributed by atoms with Crippen molar-refractivity contribution in [3.8, 4) is 0 Å². The van der Waals surface area contributed by atoms with Crippen molar-refractivity contribution in [2.45, 2.75) is 6.42 Å². The second-order valence-corrected chi connectivity index (χ2v) is 4.71. The van der Waals surface area contributed by atoms with Gasteiger partial charge in [-0.15, -0.1) is 0 Å². The number of amides is 2. The van der Waals surface area contributed by atoms with Crippen molar-refractivity contribution in [2.75, 3.05) is 6.54 Å². The minimum Gasteiger partial charge on any atom is -0.347 e. The Hall–Kier alpha value is -3.02. The molecule has 0 unspecified atom stereocenters. The first-order chi connectivity index (χ1) is 11.2. The van der Waals surface area contributed by atoms with E-state index in [2.05, 4.69) is 15.8 Å². The lowest BCUT2D eigenvalue weighted by Crippen LogP contribution is -2.38. The summed E-state index contributed by atoms with van der Waals surface area (Å²) in [6, 6.07) is 15.6. The second kappa shape index (κ2) is 8.43. The van der Waals surface area contributed by atoms with Gasteiger partial charge in [0, 0.05) is 12.1 Å². The van der Waals surface area contributed by atoms with Gasteiger partial charge in [0.2, 0.25) is 0 Å². The first-order valence-electron chi connectivity index (χ1n) is 7.06. The van der Waals surface area contributed by atoms with Crippen LogP contribution in [0.1, 0.15) is 11.1 Å². The normalized spacial score (nSPS) is 10.5. The number of halogens is 1. The Morgan fingerprint density at radius 3 is 2.43 bits per heavy atom. The molecule has 118 valence electrons. The van der Waals surface area contributed by atoms with E-state index in [1.807, 2.05) is 30.3 Å². The van der Waals surface area contributed by atoms with Crippen LogP contribution in [0.3, 0.4) is 0 Å².